The van der Waals surface area contributed by atoms with Gasteiger partial charge in [0.15, 0.2) is 0 Å². The van der Waals surface area contributed by atoms with Crippen molar-refractivity contribution in [2.75, 3.05) is 13.6 Å². The Kier molecular flexibility index (Phi) is 4.63. The maximum absolute atomic E-state index is 9.21. The molecule has 0 saturated carbocycles. The summed E-state index contributed by atoms with van der Waals surface area (Å²) in [6.07, 6.45) is 1.55. The molecule has 2 nitrogen and oxygen atoms in total. The summed E-state index contributed by atoms with van der Waals surface area (Å²) in [7, 11) is 1.96. The molecule has 0 amide bonds. The third-order valence-corrected chi connectivity index (χ3v) is 2.22. The second kappa shape index (κ2) is 5.78. The minimum absolute atomic E-state index is 0.252. The van der Waals surface area contributed by atoms with Crippen molar-refractivity contribution >= 4 is 0 Å². The van der Waals surface area contributed by atoms with Gasteiger partial charge in [-0.1, -0.05) is 24.3 Å². The standard InChI is InChI=1S/C12H19NO/c1-10(14)9-12-5-3-11(4-6-12)7-8-13-2/h3-6,10,13-14H,7-9H2,1-2H3. The molecular weight excluding hydrogens is 174 g/mol. The summed E-state index contributed by atoms with van der Waals surface area (Å²) >= 11 is 0. The summed E-state index contributed by atoms with van der Waals surface area (Å²) in [6, 6.07) is 8.46. The monoisotopic (exact) mass is 193 g/mol. The molecule has 0 aliphatic heterocycles. The van der Waals surface area contributed by atoms with Crippen molar-refractivity contribution < 1.29 is 5.11 Å². The fourth-order valence-corrected chi connectivity index (χ4v) is 1.45. The van der Waals surface area contributed by atoms with Crippen LogP contribution in [0.25, 0.3) is 0 Å². The molecule has 2 heteroatoms. The van der Waals surface area contributed by atoms with E-state index >= 15 is 0 Å². The number of likely N-dealkylation sites (N-methyl/N-ethyl adjacent to an activating group) is 1. The number of benzene rings is 1. The van der Waals surface area contributed by atoms with Crippen molar-refractivity contribution in [2.24, 2.45) is 0 Å². The van der Waals surface area contributed by atoms with Crippen molar-refractivity contribution in [2.45, 2.75) is 25.9 Å². The average Bonchev–Trinajstić information content (AvgIpc) is 2.16. The second-order valence-electron chi connectivity index (χ2n) is 3.72. The summed E-state index contributed by atoms with van der Waals surface area (Å²) in [4.78, 5) is 0. The van der Waals surface area contributed by atoms with Gasteiger partial charge in [0.25, 0.3) is 0 Å². The minimum atomic E-state index is -0.252. The summed E-state index contributed by atoms with van der Waals surface area (Å²) in [5.74, 6) is 0. The fraction of sp³-hybridized carbons (Fsp3) is 0.500. The van der Waals surface area contributed by atoms with Gasteiger partial charge in [0.2, 0.25) is 0 Å². The first kappa shape index (κ1) is 11.2. The second-order valence-corrected chi connectivity index (χ2v) is 3.72. The molecule has 0 saturated heterocycles. The quantitative estimate of drug-likeness (QED) is 0.740. The number of aliphatic hydroxyl groups excluding tert-OH is 1. The lowest BCUT2D eigenvalue weighted by Crippen LogP contribution is -2.10. The zero-order valence-electron chi connectivity index (χ0n) is 8.96. The van der Waals surface area contributed by atoms with E-state index in [-0.39, 0.29) is 6.10 Å². The Labute approximate surface area is 86.0 Å². The molecule has 0 radical (unpaired) electrons. The maximum Gasteiger partial charge on any atom is 0.0552 e. The average molecular weight is 193 g/mol. The van der Waals surface area contributed by atoms with Gasteiger partial charge in [0.05, 0.1) is 6.10 Å². The third-order valence-electron chi connectivity index (χ3n) is 2.22. The topological polar surface area (TPSA) is 32.3 Å². The van der Waals surface area contributed by atoms with Gasteiger partial charge in [-0.2, -0.15) is 0 Å². The van der Waals surface area contributed by atoms with E-state index in [9.17, 15) is 5.11 Å². The van der Waals surface area contributed by atoms with Crippen LogP contribution in [0, 0.1) is 0 Å². The first-order valence-corrected chi connectivity index (χ1v) is 5.13. The van der Waals surface area contributed by atoms with Crippen LogP contribution in [0.15, 0.2) is 24.3 Å². The van der Waals surface area contributed by atoms with Crippen molar-refractivity contribution in [1.82, 2.24) is 5.32 Å². The number of aliphatic hydroxyl groups is 1. The highest BCUT2D eigenvalue weighted by atomic mass is 16.3. The minimum Gasteiger partial charge on any atom is -0.393 e. The zero-order valence-corrected chi connectivity index (χ0v) is 8.96. The van der Waals surface area contributed by atoms with Crippen LogP contribution in [0.4, 0.5) is 0 Å². The van der Waals surface area contributed by atoms with E-state index in [0.29, 0.717) is 0 Å². The number of hydrogen-bond acceptors (Lipinski definition) is 2. The highest BCUT2D eigenvalue weighted by molar-refractivity contribution is 5.23. The Hall–Kier alpha value is -0.860. The lowest BCUT2D eigenvalue weighted by atomic mass is 10.1. The molecule has 14 heavy (non-hydrogen) atoms. The molecule has 1 aromatic carbocycles. The number of nitrogens with one attached hydrogen (secondary N) is 1. The number of hydrogen-bond donors (Lipinski definition) is 2. The van der Waals surface area contributed by atoms with Crippen molar-refractivity contribution in [3.63, 3.8) is 0 Å². The summed E-state index contributed by atoms with van der Waals surface area (Å²) < 4.78 is 0. The molecule has 0 aromatic heterocycles. The molecule has 0 bridgehead atoms. The van der Waals surface area contributed by atoms with Gasteiger partial charge in [-0.25, -0.2) is 0 Å². The summed E-state index contributed by atoms with van der Waals surface area (Å²) in [6.45, 7) is 2.82. The fourth-order valence-electron chi connectivity index (χ4n) is 1.45. The van der Waals surface area contributed by atoms with Crippen LogP contribution >= 0.6 is 0 Å². The Morgan fingerprint density at radius 2 is 1.79 bits per heavy atom. The predicted molar refractivity (Wildman–Crippen MR) is 59.5 cm³/mol. The maximum atomic E-state index is 9.21. The molecule has 0 aliphatic rings. The van der Waals surface area contributed by atoms with Gasteiger partial charge in [0, 0.05) is 0 Å². The van der Waals surface area contributed by atoms with Crippen LogP contribution in [0.5, 0.6) is 0 Å². The number of rotatable bonds is 5. The van der Waals surface area contributed by atoms with Gasteiger partial charge < -0.3 is 10.4 Å². The molecule has 1 aromatic rings. The van der Waals surface area contributed by atoms with E-state index in [2.05, 4.69) is 29.6 Å². The lowest BCUT2D eigenvalue weighted by molar-refractivity contribution is 0.195. The molecule has 0 heterocycles. The van der Waals surface area contributed by atoms with Gasteiger partial charge in [0.1, 0.15) is 0 Å². The normalized spacial score (nSPS) is 12.8. The van der Waals surface area contributed by atoms with Crippen molar-refractivity contribution in [3.8, 4) is 0 Å². The Morgan fingerprint density at radius 1 is 1.21 bits per heavy atom. The van der Waals surface area contributed by atoms with E-state index < -0.39 is 0 Å². The molecule has 0 fully saturated rings. The van der Waals surface area contributed by atoms with Crippen LogP contribution in [0.3, 0.4) is 0 Å². The van der Waals surface area contributed by atoms with Crippen LogP contribution in [0.1, 0.15) is 18.1 Å². The van der Waals surface area contributed by atoms with Gasteiger partial charge in [-0.15, -0.1) is 0 Å². The SMILES string of the molecule is CNCCc1ccc(CC(C)O)cc1. The van der Waals surface area contributed by atoms with Crippen molar-refractivity contribution in [1.29, 1.82) is 0 Å². The van der Waals surface area contributed by atoms with E-state index in [1.165, 1.54) is 11.1 Å². The molecule has 1 atom stereocenters. The zero-order chi connectivity index (χ0) is 10.4. The van der Waals surface area contributed by atoms with E-state index in [1.807, 2.05) is 14.0 Å². The van der Waals surface area contributed by atoms with E-state index in [0.717, 1.165) is 19.4 Å². The largest absolute Gasteiger partial charge is 0.393 e. The third kappa shape index (κ3) is 3.90. The summed E-state index contributed by atoms with van der Waals surface area (Å²) in [5, 5.41) is 12.3. The summed E-state index contributed by atoms with van der Waals surface area (Å²) in [5.41, 5.74) is 2.54. The van der Waals surface area contributed by atoms with Crippen LogP contribution in [0.2, 0.25) is 0 Å². The van der Waals surface area contributed by atoms with Gasteiger partial charge >= 0.3 is 0 Å². The highest BCUT2D eigenvalue weighted by Gasteiger charge is 1.98. The van der Waals surface area contributed by atoms with Crippen LogP contribution in [-0.4, -0.2) is 24.8 Å². The molecule has 78 valence electrons. The molecule has 2 N–H and O–H groups in total. The molecule has 0 aliphatic carbocycles. The van der Waals surface area contributed by atoms with E-state index in [4.69, 9.17) is 0 Å². The Bertz CT molecular complexity index is 254. The first-order valence-electron chi connectivity index (χ1n) is 5.13. The van der Waals surface area contributed by atoms with E-state index in [1.54, 1.807) is 0 Å². The molecule has 1 rings (SSSR count). The van der Waals surface area contributed by atoms with Gasteiger partial charge in [-0.05, 0) is 44.5 Å². The Balaban J connectivity index is 2.50. The van der Waals surface area contributed by atoms with Gasteiger partial charge in [-0.3, -0.25) is 0 Å². The lowest BCUT2D eigenvalue weighted by Gasteiger charge is -2.05. The molecule has 1 unspecified atom stereocenters. The predicted octanol–water partition coefficient (Wildman–Crippen LogP) is 1.37. The first-order chi connectivity index (χ1) is 6.72. The highest BCUT2D eigenvalue weighted by Crippen LogP contribution is 2.07. The van der Waals surface area contributed by atoms with Crippen molar-refractivity contribution in [3.05, 3.63) is 35.4 Å². The van der Waals surface area contributed by atoms with Crippen LogP contribution in [-0.2, 0) is 12.8 Å². The molecule has 0 spiro atoms. The smallest absolute Gasteiger partial charge is 0.0552 e. The van der Waals surface area contributed by atoms with Crippen LogP contribution < -0.4 is 5.32 Å². The molecular formula is C12H19NO. The Morgan fingerprint density at radius 3 is 2.29 bits per heavy atom.